The van der Waals surface area contributed by atoms with Crippen LogP contribution >= 0.6 is 0 Å². The average molecular weight is 595 g/mol. The smallest absolute Gasteiger partial charge is 0.296 e. The number of aromatic nitrogens is 3. The highest BCUT2D eigenvalue weighted by Crippen LogP contribution is 2.33. The Labute approximate surface area is 247 Å². The molecular weight excluding hydrogens is 561 g/mol. The summed E-state index contributed by atoms with van der Waals surface area (Å²) >= 11 is 0. The second-order valence-corrected chi connectivity index (χ2v) is 10.9. The number of benzene rings is 1. The van der Waals surface area contributed by atoms with Crippen molar-refractivity contribution >= 4 is 17.5 Å². The average Bonchev–Trinajstić information content (AvgIpc) is 2.99. The summed E-state index contributed by atoms with van der Waals surface area (Å²) in [5.41, 5.74) is 2.27. The highest BCUT2D eigenvalue weighted by Gasteiger charge is 2.43. The molecule has 0 radical (unpaired) electrons. The van der Waals surface area contributed by atoms with Crippen molar-refractivity contribution in [2.24, 2.45) is 0 Å². The van der Waals surface area contributed by atoms with E-state index in [1.54, 1.807) is 0 Å². The molecule has 1 atom stereocenters. The Morgan fingerprint density at radius 2 is 1.98 bits per heavy atom. The first-order valence-corrected chi connectivity index (χ1v) is 14.5. The Morgan fingerprint density at radius 3 is 2.67 bits per heavy atom. The van der Waals surface area contributed by atoms with Gasteiger partial charge in [0.25, 0.3) is 5.92 Å². The van der Waals surface area contributed by atoms with Crippen LogP contribution in [-0.4, -0.2) is 90.4 Å². The zero-order valence-electron chi connectivity index (χ0n) is 23.8. The van der Waals surface area contributed by atoms with E-state index < -0.39 is 24.4 Å². The van der Waals surface area contributed by atoms with Gasteiger partial charge in [0, 0.05) is 38.2 Å². The van der Waals surface area contributed by atoms with Gasteiger partial charge in [0.05, 0.1) is 48.9 Å². The molecule has 10 nitrogen and oxygen atoms in total. The van der Waals surface area contributed by atoms with Crippen LogP contribution in [0.15, 0.2) is 36.5 Å². The summed E-state index contributed by atoms with van der Waals surface area (Å²) in [5.74, 6) is -3.11. The first kappa shape index (κ1) is 29.1. The molecule has 6 rings (SSSR count). The number of pyridine rings is 1. The number of halogens is 3. The second-order valence-electron chi connectivity index (χ2n) is 10.9. The van der Waals surface area contributed by atoms with Crippen molar-refractivity contribution in [3.8, 4) is 23.1 Å². The maximum atomic E-state index is 14.9. The number of anilines is 3. The Morgan fingerprint density at radius 1 is 1.16 bits per heavy atom. The Balaban J connectivity index is 1.17. The summed E-state index contributed by atoms with van der Waals surface area (Å²) in [5, 5.41) is 15.4. The number of hydrogen-bond acceptors (Lipinski definition) is 10. The Bertz CT molecular complexity index is 1510. The van der Waals surface area contributed by atoms with E-state index in [1.165, 1.54) is 18.2 Å². The minimum Gasteiger partial charge on any atom is -0.483 e. The zero-order valence-corrected chi connectivity index (χ0v) is 23.8. The number of alkyl halides is 2. The molecule has 2 N–H and O–H groups in total. The molecule has 3 fully saturated rings. The fourth-order valence-corrected chi connectivity index (χ4v) is 5.60. The fraction of sp³-hybridized carbons (Fsp3) is 0.467. The van der Waals surface area contributed by atoms with E-state index in [9.17, 15) is 18.4 Å². The molecule has 43 heavy (non-hydrogen) atoms. The molecule has 13 heteroatoms. The molecule has 3 aliphatic rings. The number of piperidine rings is 1. The van der Waals surface area contributed by atoms with E-state index in [4.69, 9.17) is 14.5 Å². The first-order chi connectivity index (χ1) is 20.8. The monoisotopic (exact) mass is 594 g/mol. The predicted molar refractivity (Wildman–Crippen MR) is 154 cm³/mol. The third-order valence-corrected chi connectivity index (χ3v) is 8.12. The predicted octanol–water partition coefficient (Wildman–Crippen LogP) is 3.75. The van der Waals surface area contributed by atoms with Crippen LogP contribution in [0.1, 0.15) is 24.6 Å². The molecule has 5 heterocycles. The maximum absolute atomic E-state index is 14.9. The molecular formula is C30H33F3N8O2. The molecule has 3 aromatic rings. The van der Waals surface area contributed by atoms with Crippen molar-refractivity contribution < 1.29 is 22.6 Å². The summed E-state index contributed by atoms with van der Waals surface area (Å²) in [4.78, 5) is 18.0. The van der Waals surface area contributed by atoms with Crippen molar-refractivity contribution in [2.75, 3.05) is 62.7 Å². The molecule has 3 aliphatic heterocycles. The minimum absolute atomic E-state index is 0.00560. The van der Waals surface area contributed by atoms with Crippen molar-refractivity contribution in [3.05, 3.63) is 53.6 Å². The van der Waals surface area contributed by atoms with Crippen molar-refractivity contribution in [2.45, 2.75) is 37.8 Å². The number of nitriles is 1. The van der Waals surface area contributed by atoms with Crippen LogP contribution in [0.5, 0.6) is 5.75 Å². The van der Waals surface area contributed by atoms with Crippen molar-refractivity contribution in [1.82, 2.24) is 25.2 Å². The topological polar surface area (TPSA) is 111 Å². The van der Waals surface area contributed by atoms with Gasteiger partial charge in [0.1, 0.15) is 23.3 Å². The Kier molecular flexibility index (Phi) is 8.34. The van der Waals surface area contributed by atoms with Gasteiger partial charge < -0.3 is 25.0 Å². The minimum atomic E-state index is -3.08. The van der Waals surface area contributed by atoms with Gasteiger partial charge >= 0.3 is 0 Å². The van der Waals surface area contributed by atoms with E-state index in [2.05, 4.69) is 37.3 Å². The maximum Gasteiger partial charge on any atom is 0.296 e. The van der Waals surface area contributed by atoms with Gasteiger partial charge in [-0.3, -0.25) is 4.90 Å². The normalized spacial score (nSPS) is 20.7. The van der Waals surface area contributed by atoms with Crippen molar-refractivity contribution in [3.63, 3.8) is 0 Å². The summed E-state index contributed by atoms with van der Waals surface area (Å²) < 4.78 is 54.3. The van der Waals surface area contributed by atoms with Crippen LogP contribution in [0.2, 0.25) is 0 Å². The highest BCUT2D eigenvalue weighted by molar-refractivity contribution is 5.66. The molecule has 0 amide bonds. The summed E-state index contributed by atoms with van der Waals surface area (Å²) in [6, 6.07) is 10.6. The van der Waals surface area contributed by atoms with Gasteiger partial charge in [-0.2, -0.15) is 5.26 Å². The van der Waals surface area contributed by atoms with Gasteiger partial charge in [-0.05, 0) is 43.3 Å². The molecule has 1 aromatic carbocycles. The molecule has 0 bridgehead atoms. The summed E-state index contributed by atoms with van der Waals surface area (Å²) in [7, 11) is 0. The number of aryl methyl sites for hydroxylation is 1. The standard InChI is InChI=1S/C30H33F3N8O2/c1-2-23-24(41-11-9-40(10-12-41)21-16-42-17-21)4-6-27(37-23)38-29-36-15-22(31)28(39-29)19-3-5-25(20(13-19)14-34)43-26-7-8-35-18-30(26,32)33/h3-6,13,15,21,26,35H,2,7-12,16-18H2,1H3,(H,36,37,38,39). The van der Waals surface area contributed by atoms with Crippen LogP contribution in [0.3, 0.4) is 0 Å². The van der Waals surface area contributed by atoms with Crippen LogP contribution in [0.25, 0.3) is 11.3 Å². The lowest BCUT2D eigenvalue weighted by Crippen LogP contribution is -2.56. The molecule has 3 saturated heterocycles. The van der Waals surface area contributed by atoms with Gasteiger partial charge in [-0.15, -0.1) is 0 Å². The lowest BCUT2D eigenvalue weighted by atomic mass is 10.0. The van der Waals surface area contributed by atoms with E-state index in [0.29, 0.717) is 18.4 Å². The number of nitrogens with one attached hydrogen (secondary N) is 2. The number of rotatable bonds is 8. The Hall–Kier alpha value is -3.99. The molecule has 1 unspecified atom stereocenters. The van der Waals surface area contributed by atoms with Crippen LogP contribution < -0.4 is 20.3 Å². The number of ether oxygens (including phenoxy) is 2. The van der Waals surface area contributed by atoms with Crippen LogP contribution in [-0.2, 0) is 11.2 Å². The fourth-order valence-electron chi connectivity index (χ4n) is 5.60. The van der Waals surface area contributed by atoms with Gasteiger partial charge in [-0.1, -0.05) is 6.92 Å². The van der Waals surface area contributed by atoms with Gasteiger partial charge in [-0.25, -0.2) is 28.1 Å². The largest absolute Gasteiger partial charge is 0.483 e. The molecule has 0 saturated carbocycles. The van der Waals surface area contributed by atoms with Crippen LogP contribution in [0, 0.1) is 17.1 Å². The lowest BCUT2D eigenvalue weighted by Gasteiger charge is -2.43. The third-order valence-electron chi connectivity index (χ3n) is 8.12. The first-order valence-electron chi connectivity index (χ1n) is 14.5. The molecule has 226 valence electrons. The molecule has 0 spiro atoms. The van der Waals surface area contributed by atoms with Crippen molar-refractivity contribution in [1.29, 1.82) is 5.26 Å². The number of piperazine rings is 1. The third kappa shape index (κ3) is 6.22. The quantitative estimate of drug-likeness (QED) is 0.400. The summed E-state index contributed by atoms with van der Waals surface area (Å²) in [6.07, 6.45) is 0.498. The summed E-state index contributed by atoms with van der Waals surface area (Å²) in [6.45, 7) is 7.36. The number of hydrogen-bond donors (Lipinski definition) is 2. The van der Waals surface area contributed by atoms with Crippen LogP contribution in [0.4, 0.5) is 30.6 Å². The highest BCUT2D eigenvalue weighted by atomic mass is 19.3. The van der Waals surface area contributed by atoms with Gasteiger partial charge in [0.15, 0.2) is 11.9 Å². The molecule has 2 aromatic heterocycles. The van der Waals surface area contributed by atoms with Gasteiger partial charge in [0.2, 0.25) is 5.95 Å². The second kappa shape index (κ2) is 12.3. The zero-order chi connectivity index (χ0) is 30.0. The van der Waals surface area contributed by atoms with E-state index >= 15 is 0 Å². The van der Waals surface area contributed by atoms with E-state index in [-0.39, 0.29) is 34.9 Å². The van der Waals surface area contributed by atoms with E-state index in [0.717, 1.165) is 63.4 Å². The SMILES string of the molecule is CCc1nc(Nc2ncc(F)c(-c3ccc(OC4CCNCC4(F)F)c(C#N)c3)n2)ccc1N1CCN(C2COC2)CC1. The molecule has 0 aliphatic carbocycles. The van der Waals surface area contributed by atoms with E-state index in [1.807, 2.05) is 18.2 Å². The number of nitrogens with zero attached hydrogens (tertiary/aromatic N) is 6. The lowest BCUT2D eigenvalue weighted by molar-refractivity contribution is -0.109.